The summed E-state index contributed by atoms with van der Waals surface area (Å²) in [6.45, 7) is 5.84. The molecule has 0 aliphatic heterocycles. The number of amides is 2. The lowest BCUT2D eigenvalue weighted by Crippen LogP contribution is -2.38. The number of hydrogen-bond acceptors (Lipinski definition) is 6. The lowest BCUT2D eigenvalue weighted by Gasteiger charge is -2.19. The van der Waals surface area contributed by atoms with Crippen LogP contribution < -0.4 is 26.4 Å². The Morgan fingerprint density at radius 3 is 2.12 bits per heavy atom. The van der Waals surface area contributed by atoms with Crippen LogP contribution in [0.3, 0.4) is 0 Å². The van der Waals surface area contributed by atoms with E-state index in [0.29, 0.717) is 17.0 Å². The average Bonchev–Trinajstić information content (AvgIpc) is 2.71. The molecular formula is C23H29N5O5. The fraction of sp³-hybridized carbons (Fsp3) is 0.304. The van der Waals surface area contributed by atoms with Crippen LogP contribution in [0.2, 0.25) is 0 Å². The molecule has 2 amide bonds. The highest BCUT2D eigenvalue weighted by molar-refractivity contribution is 5.93. The van der Waals surface area contributed by atoms with E-state index in [1.807, 2.05) is 0 Å². The van der Waals surface area contributed by atoms with Crippen LogP contribution in [0.1, 0.15) is 36.7 Å². The zero-order valence-corrected chi connectivity index (χ0v) is 18.9. The third kappa shape index (κ3) is 9.72. The molecule has 0 atom stereocenters. The van der Waals surface area contributed by atoms with Gasteiger partial charge < -0.3 is 31.2 Å². The molecule has 0 unspecified atom stereocenters. The maximum atomic E-state index is 12.3. The first-order valence-corrected chi connectivity index (χ1v) is 10.3. The predicted octanol–water partition coefficient (Wildman–Crippen LogP) is 2.39. The molecule has 10 heteroatoms. The van der Waals surface area contributed by atoms with Crippen molar-refractivity contribution in [1.82, 2.24) is 10.6 Å². The average molecular weight is 456 g/mol. The first-order chi connectivity index (χ1) is 15.5. The van der Waals surface area contributed by atoms with Gasteiger partial charge in [0.25, 0.3) is 0 Å². The summed E-state index contributed by atoms with van der Waals surface area (Å²) in [5.74, 6) is -0.592. The number of nitrogens with two attached hydrogens (primary N) is 1. The van der Waals surface area contributed by atoms with E-state index in [4.69, 9.17) is 20.6 Å². The van der Waals surface area contributed by atoms with Gasteiger partial charge in [-0.2, -0.15) is 0 Å². The SMILES string of the molecule is CC(C)(C)OC(=O)NCCNC(=O)Cc1ccc(OC(=O)c2ccc(NC(=N)N)cc2)cc1. The Hall–Kier alpha value is -4.08. The smallest absolute Gasteiger partial charge is 0.407 e. The summed E-state index contributed by atoms with van der Waals surface area (Å²) in [4.78, 5) is 35.9. The van der Waals surface area contributed by atoms with Crippen molar-refractivity contribution in [3.05, 3.63) is 59.7 Å². The molecular weight excluding hydrogens is 426 g/mol. The summed E-state index contributed by atoms with van der Waals surface area (Å²) < 4.78 is 10.5. The van der Waals surface area contributed by atoms with Crippen molar-refractivity contribution < 1.29 is 23.9 Å². The molecule has 0 fully saturated rings. The number of hydrogen-bond donors (Lipinski definition) is 5. The highest BCUT2D eigenvalue weighted by atomic mass is 16.6. The molecule has 33 heavy (non-hydrogen) atoms. The number of esters is 1. The molecule has 2 rings (SSSR count). The predicted molar refractivity (Wildman–Crippen MR) is 124 cm³/mol. The lowest BCUT2D eigenvalue weighted by molar-refractivity contribution is -0.120. The standard InChI is InChI=1S/C23H29N5O5/c1-23(2,3)33-22(31)27-13-12-26-19(29)14-15-4-10-18(11-5-15)32-20(30)16-6-8-17(9-7-16)28-21(24)25/h4-11H,12-14H2,1-3H3,(H,26,29)(H,27,31)(H4,24,25,28). The second kappa shape index (κ2) is 11.5. The van der Waals surface area contributed by atoms with E-state index >= 15 is 0 Å². The van der Waals surface area contributed by atoms with Gasteiger partial charge in [0, 0.05) is 18.8 Å². The number of carbonyl (C=O) groups is 3. The minimum absolute atomic E-state index is 0.144. The molecule has 0 aromatic heterocycles. The minimum Gasteiger partial charge on any atom is -0.444 e. The maximum Gasteiger partial charge on any atom is 0.407 e. The number of benzene rings is 2. The number of anilines is 1. The van der Waals surface area contributed by atoms with Crippen molar-refractivity contribution in [3.63, 3.8) is 0 Å². The molecule has 6 N–H and O–H groups in total. The molecule has 0 bridgehead atoms. The normalized spacial score (nSPS) is 10.6. The first-order valence-electron chi connectivity index (χ1n) is 10.3. The molecule has 0 radical (unpaired) electrons. The van der Waals surface area contributed by atoms with Gasteiger partial charge in [-0.15, -0.1) is 0 Å². The van der Waals surface area contributed by atoms with Crippen molar-refractivity contribution in [3.8, 4) is 5.75 Å². The largest absolute Gasteiger partial charge is 0.444 e. The molecule has 0 saturated heterocycles. The van der Waals surface area contributed by atoms with E-state index in [9.17, 15) is 14.4 Å². The number of guanidine groups is 1. The molecule has 0 aliphatic rings. The molecule has 0 saturated carbocycles. The Morgan fingerprint density at radius 1 is 0.939 bits per heavy atom. The molecule has 0 heterocycles. The van der Waals surface area contributed by atoms with Crippen molar-refractivity contribution in [2.75, 3.05) is 18.4 Å². The summed E-state index contributed by atoms with van der Waals surface area (Å²) >= 11 is 0. The van der Waals surface area contributed by atoms with Crippen LogP contribution in [0.4, 0.5) is 10.5 Å². The van der Waals surface area contributed by atoms with E-state index in [0.717, 1.165) is 5.56 Å². The number of ether oxygens (including phenoxy) is 2. The van der Waals surface area contributed by atoms with Gasteiger partial charge in [0.15, 0.2) is 5.96 Å². The van der Waals surface area contributed by atoms with E-state index in [2.05, 4.69) is 16.0 Å². The van der Waals surface area contributed by atoms with Gasteiger partial charge in [-0.1, -0.05) is 12.1 Å². The highest BCUT2D eigenvalue weighted by Gasteiger charge is 2.15. The summed E-state index contributed by atoms with van der Waals surface area (Å²) in [5, 5.41) is 15.1. The van der Waals surface area contributed by atoms with Crippen LogP contribution in [0, 0.1) is 5.41 Å². The molecule has 10 nitrogen and oxygen atoms in total. The van der Waals surface area contributed by atoms with E-state index < -0.39 is 17.7 Å². The zero-order chi connectivity index (χ0) is 24.4. The summed E-state index contributed by atoms with van der Waals surface area (Å²) in [5.41, 5.74) is 6.35. The summed E-state index contributed by atoms with van der Waals surface area (Å²) in [6.07, 6.45) is -0.392. The summed E-state index contributed by atoms with van der Waals surface area (Å²) in [6, 6.07) is 13.0. The first kappa shape index (κ1) is 25.2. The molecule has 0 spiro atoms. The number of nitrogens with one attached hydrogen (secondary N) is 4. The van der Waals surface area contributed by atoms with Crippen LogP contribution in [0.5, 0.6) is 5.75 Å². The van der Waals surface area contributed by atoms with Gasteiger partial charge in [0.1, 0.15) is 11.4 Å². The second-order valence-electron chi connectivity index (χ2n) is 8.10. The molecule has 176 valence electrons. The quantitative estimate of drug-likeness (QED) is 0.134. The minimum atomic E-state index is -0.577. The van der Waals surface area contributed by atoms with Crippen molar-refractivity contribution >= 4 is 29.6 Å². The monoisotopic (exact) mass is 455 g/mol. The maximum absolute atomic E-state index is 12.3. The number of rotatable bonds is 8. The van der Waals surface area contributed by atoms with Gasteiger partial charge in [0.2, 0.25) is 5.91 Å². The Kier molecular flexibility index (Phi) is 8.79. The summed E-state index contributed by atoms with van der Waals surface area (Å²) in [7, 11) is 0. The van der Waals surface area contributed by atoms with E-state index in [-0.39, 0.29) is 31.4 Å². The third-order valence-corrected chi connectivity index (χ3v) is 4.01. The van der Waals surface area contributed by atoms with Gasteiger partial charge >= 0.3 is 12.1 Å². The van der Waals surface area contributed by atoms with Crippen LogP contribution >= 0.6 is 0 Å². The number of carbonyl (C=O) groups excluding carboxylic acids is 3. The van der Waals surface area contributed by atoms with Crippen LogP contribution in [0.25, 0.3) is 0 Å². The zero-order valence-electron chi connectivity index (χ0n) is 18.9. The third-order valence-electron chi connectivity index (χ3n) is 4.01. The van der Waals surface area contributed by atoms with Crippen molar-refractivity contribution in [2.45, 2.75) is 32.8 Å². The Morgan fingerprint density at radius 2 is 1.55 bits per heavy atom. The van der Waals surface area contributed by atoms with Gasteiger partial charge in [0.05, 0.1) is 12.0 Å². The van der Waals surface area contributed by atoms with Crippen molar-refractivity contribution in [2.24, 2.45) is 5.73 Å². The lowest BCUT2D eigenvalue weighted by atomic mass is 10.1. The molecule has 0 aliphatic carbocycles. The molecule has 2 aromatic carbocycles. The van der Waals surface area contributed by atoms with Gasteiger partial charge in [-0.3, -0.25) is 10.2 Å². The van der Waals surface area contributed by atoms with Gasteiger partial charge in [-0.05, 0) is 62.7 Å². The molecule has 2 aromatic rings. The Balaban J connectivity index is 1.75. The fourth-order valence-electron chi connectivity index (χ4n) is 2.62. The van der Waals surface area contributed by atoms with Crippen LogP contribution in [-0.2, 0) is 16.0 Å². The van der Waals surface area contributed by atoms with E-state index in [1.165, 1.54) is 0 Å². The van der Waals surface area contributed by atoms with Crippen molar-refractivity contribution in [1.29, 1.82) is 5.41 Å². The van der Waals surface area contributed by atoms with Gasteiger partial charge in [-0.25, -0.2) is 9.59 Å². The fourth-order valence-corrected chi connectivity index (χ4v) is 2.62. The number of alkyl carbamates (subject to hydrolysis) is 1. The Bertz CT molecular complexity index is 982. The Labute approximate surface area is 192 Å². The van der Waals surface area contributed by atoms with E-state index in [1.54, 1.807) is 69.3 Å². The van der Waals surface area contributed by atoms with Crippen LogP contribution in [0.15, 0.2) is 48.5 Å². The second-order valence-corrected chi connectivity index (χ2v) is 8.10. The topological polar surface area (TPSA) is 156 Å². The van der Waals surface area contributed by atoms with Crippen LogP contribution in [-0.4, -0.2) is 42.6 Å². The highest BCUT2D eigenvalue weighted by Crippen LogP contribution is 2.16.